The summed E-state index contributed by atoms with van der Waals surface area (Å²) in [5.41, 5.74) is 6.10. The van der Waals surface area contributed by atoms with E-state index in [0.717, 1.165) is 16.8 Å². The van der Waals surface area contributed by atoms with E-state index in [9.17, 15) is 9.90 Å². The lowest BCUT2D eigenvalue weighted by atomic mass is 9.95. The van der Waals surface area contributed by atoms with Crippen molar-refractivity contribution in [2.75, 3.05) is 0 Å². The molecular weight excluding hydrogens is 708 g/mol. The first-order valence-electron chi connectivity index (χ1n) is 13.7. The SMILES string of the molecule is Cc1ccc2c(c1)oc(=O)c1c(-c3cn(-c4ccccc4)nc3-c3ccccc3)cc(-c3c(O)c(I)c(C)c(Cl)c3Cl)nc12. The van der Waals surface area contributed by atoms with E-state index in [0.29, 0.717) is 58.5 Å². The van der Waals surface area contributed by atoms with Gasteiger partial charge in [0.15, 0.2) is 0 Å². The van der Waals surface area contributed by atoms with Crippen LogP contribution >= 0.6 is 45.8 Å². The molecule has 9 heteroatoms. The Bertz CT molecular complexity index is 2290. The maximum Gasteiger partial charge on any atom is 0.346 e. The number of benzene rings is 4. The minimum absolute atomic E-state index is 0.0401. The van der Waals surface area contributed by atoms with Crippen LogP contribution in [0.5, 0.6) is 5.75 Å². The molecule has 3 heterocycles. The van der Waals surface area contributed by atoms with Crippen LogP contribution in [0.4, 0.5) is 0 Å². The van der Waals surface area contributed by atoms with Gasteiger partial charge in [0.2, 0.25) is 0 Å². The van der Waals surface area contributed by atoms with Gasteiger partial charge in [0.05, 0.1) is 41.5 Å². The lowest BCUT2D eigenvalue weighted by Gasteiger charge is -2.16. The Morgan fingerprint density at radius 1 is 0.886 bits per heavy atom. The Morgan fingerprint density at radius 3 is 2.32 bits per heavy atom. The van der Waals surface area contributed by atoms with E-state index in [-0.39, 0.29) is 16.3 Å². The van der Waals surface area contributed by atoms with Crippen molar-refractivity contribution in [3.8, 4) is 45.1 Å². The largest absolute Gasteiger partial charge is 0.506 e. The number of para-hydroxylation sites is 1. The molecule has 216 valence electrons. The molecule has 0 aliphatic heterocycles. The first kappa shape index (κ1) is 28.6. The number of hydrogen-bond donors (Lipinski definition) is 1. The van der Waals surface area contributed by atoms with E-state index in [1.807, 2.05) is 115 Å². The molecule has 0 atom stereocenters. The average Bonchev–Trinajstić information content (AvgIpc) is 3.49. The minimum atomic E-state index is -0.537. The number of aromatic hydroxyl groups is 1. The highest BCUT2D eigenvalue weighted by Crippen LogP contribution is 2.47. The van der Waals surface area contributed by atoms with Crippen molar-refractivity contribution < 1.29 is 9.52 Å². The lowest BCUT2D eigenvalue weighted by molar-refractivity contribution is 0.473. The molecule has 7 rings (SSSR count). The number of phenolic OH excluding ortho intramolecular Hbond substituents is 1. The highest BCUT2D eigenvalue weighted by atomic mass is 127. The van der Waals surface area contributed by atoms with Gasteiger partial charge in [-0.25, -0.2) is 14.5 Å². The molecular formula is C35H22Cl2IN3O3. The zero-order valence-corrected chi connectivity index (χ0v) is 27.1. The predicted octanol–water partition coefficient (Wildman–Crippen LogP) is 9.76. The van der Waals surface area contributed by atoms with Gasteiger partial charge in [0.25, 0.3) is 0 Å². The fourth-order valence-electron chi connectivity index (χ4n) is 5.44. The smallest absolute Gasteiger partial charge is 0.346 e. The molecule has 7 aromatic rings. The van der Waals surface area contributed by atoms with Gasteiger partial charge in [-0.3, -0.25) is 0 Å². The van der Waals surface area contributed by atoms with Gasteiger partial charge in [-0.2, -0.15) is 5.10 Å². The summed E-state index contributed by atoms with van der Waals surface area (Å²) < 4.78 is 8.23. The van der Waals surface area contributed by atoms with Gasteiger partial charge in [0, 0.05) is 28.3 Å². The molecule has 0 bridgehead atoms. The molecule has 44 heavy (non-hydrogen) atoms. The monoisotopic (exact) mass is 729 g/mol. The number of aromatic nitrogens is 3. The number of aryl methyl sites for hydroxylation is 1. The van der Waals surface area contributed by atoms with Crippen molar-refractivity contribution >= 4 is 67.7 Å². The van der Waals surface area contributed by atoms with Crippen LogP contribution in [0.15, 0.2) is 100 Å². The summed E-state index contributed by atoms with van der Waals surface area (Å²) in [5, 5.41) is 17.8. The molecule has 0 saturated heterocycles. The summed E-state index contributed by atoms with van der Waals surface area (Å²) in [7, 11) is 0. The van der Waals surface area contributed by atoms with Crippen LogP contribution in [-0.4, -0.2) is 19.9 Å². The fourth-order valence-corrected chi connectivity index (χ4v) is 6.65. The van der Waals surface area contributed by atoms with Gasteiger partial charge in [0.1, 0.15) is 17.0 Å². The van der Waals surface area contributed by atoms with E-state index in [2.05, 4.69) is 0 Å². The summed E-state index contributed by atoms with van der Waals surface area (Å²) in [5.74, 6) is -0.0401. The molecule has 4 aromatic carbocycles. The van der Waals surface area contributed by atoms with Crippen LogP contribution in [0.1, 0.15) is 11.1 Å². The summed E-state index contributed by atoms with van der Waals surface area (Å²) in [6.45, 7) is 3.72. The number of fused-ring (bicyclic) bond motifs is 3. The average molecular weight is 730 g/mol. The second-order valence-electron chi connectivity index (χ2n) is 10.5. The molecule has 3 aromatic heterocycles. The van der Waals surface area contributed by atoms with Gasteiger partial charge in [-0.15, -0.1) is 0 Å². The van der Waals surface area contributed by atoms with E-state index in [1.165, 1.54) is 0 Å². The first-order valence-corrected chi connectivity index (χ1v) is 15.5. The Labute approximate surface area is 275 Å². The summed E-state index contributed by atoms with van der Waals surface area (Å²) in [6.07, 6.45) is 1.89. The number of rotatable bonds is 4. The Morgan fingerprint density at radius 2 is 1.59 bits per heavy atom. The molecule has 0 radical (unpaired) electrons. The van der Waals surface area contributed by atoms with Gasteiger partial charge in [-0.1, -0.05) is 77.8 Å². The van der Waals surface area contributed by atoms with Crippen molar-refractivity contribution in [1.82, 2.24) is 14.8 Å². The van der Waals surface area contributed by atoms with Gasteiger partial charge < -0.3 is 9.52 Å². The number of hydrogen-bond acceptors (Lipinski definition) is 5. The molecule has 6 nitrogen and oxygen atoms in total. The molecule has 0 unspecified atom stereocenters. The third-order valence-corrected chi connectivity index (χ3v) is 9.93. The van der Waals surface area contributed by atoms with Crippen molar-refractivity contribution in [1.29, 1.82) is 0 Å². The number of halogens is 3. The maximum atomic E-state index is 13.8. The molecule has 0 aliphatic rings. The van der Waals surface area contributed by atoms with Crippen molar-refractivity contribution in [2.45, 2.75) is 13.8 Å². The molecule has 1 N–H and O–H groups in total. The molecule has 0 spiro atoms. The molecule has 0 fully saturated rings. The molecule has 0 aliphatic carbocycles. The number of pyridine rings is 1. The van der Waals surface area contributed by atoms with Crippen molar-refractivity contribution in [3.63, 3.8) is 0 Å². The van der Waals surface area contributed by atoms with E-state index in [1.54, 1.807) is 17.7 Å². The van der Waals surface area contributed by atoms with E-state index >= 15 is 0 Å². The Hall–Kier alpha value is -4.18. The lowest BCUT2D eigenvalue weighted by Crippen LogP contribution is -2.05. The quantitative estimate of drug-likeness (QED) is 0.0845. The van der Waals surface area contributed by atoms with Crippen molar-refractivity contribution in [2.24, 2.45) is 0 Å². The Kier molecular flexibility index (Phi) is 7.19. The van der Waals surface area contributed by atoms with Crippen LogP contribution in [0.3, 0.4) is 0 Å². The minimum Gasteiger partial charge on any atom is -0.506 e. The maximum absolute atomic E-state index is 13.8. The van der Waals surface area contributed by atoms with Crippen molar-refractivity contribution in [3.05, 3.63) is 126 Å². The van der Waals surface area contributed by atoms with Gasteiger partial charge in [-0.05, 0) is 77.9 Å². The third kappa shape index (κ3) is 4.67. The summed E-state index contributed by atoms with van der Waals surface area (Å²) >= 11 is 15.5. The zero-order valence-electron chi connectivity index (χ0n) is 23.4. The molecule has 0 saturated carbocycles. The second-order valence-corrected chi connectivity index (χ2v) is 12.3. The number of nitrogens with zero attached hydrogens (tertiary/aromatic N) is 3. The van der Waals surface area contributed by atoms with E-state index < -0.39 is 5.63 Å². The molecule has 0 amide bonds. The zero-order chi connectivity index (χ0) is 30.7. The van der Waals surface area contributed by atoms with Crippen LogP contribution in [-0.2, 0) is 0 Å². The van der Waals surface area contributed by atoms with Crippen LogP contribution in [0.2, 0.25) is 10.0 Å². The topological polar surface area (TPSA) is 81.2 Å². The first-order chi connectivity index (χ1) is 21.2. The standard InChI is InChI=1S/C35H22Cl2IN3O3/c1-18-13-14-22-26(15-18)44-35(43)27-23(16-25(39-33(22)27)28-30(37)29(36)19(2)31(38)34(28)42)24-17-41(21-11-7-4-8-12-21)40-32(24)20-9-5-3-6-10-20/h3-17,42H,1-2H3. The number of phenols is 1. The Balaban J connectivity index is 1.65. The second kappa shape index (κ2) is 11.1. The van der Waals surface area contributed by atoms with E-state index in [4.69, 9.17) is 37.7 Å². The summed E-state index contributed by atoms with van der Waals surface area (Å²) in [6, 6.07) is 26.9. The highest BCUT2D eigenvalue weighted by molar-refractivity contribution is 14.1. The fraction of sp³-hybridized carbons (Fsp3) is 0.0571. The predicted molar refractivity (Wildman–Crippen MR) is 185 cm³/mol. The highest BCUT2D eigenvalue weighted by Gasteiger charge is 2.26. The van der Waals surface area contributed by atoms with Crippen LogP contribution in [0.25, 0.3) is 61.2 Å². The van der Waals surface area contributed by atoms with Gasteiger partial charge >= 0.3 is 5.63 Å². The van der Waals surface area contributed by atoms with Crippen LogP contribution in [0, 0.1) is 17.4 Å². The summed E-state index contributed by atoms with van der Waals surface area (Å²) in [4.78, 5) is 18.8. The normalized spacial score (nSPS) is 11.5. The third-order valence-electron chi connectivity index (χ3n) is 7.66. The van der Waals surface area contributed by atoms with Crippen LogP contribution < -0.4 is 5.63 Å².